The number of hydrogen-bond acceptors (Lipinski definition) is 4. The van der Waals surface area contributed by atoms with E-state index in [1.165, 1.54) is 16.0 Å². The molecular formula is C24H25N3OS. The third-order valence-corrected chi connectivity index (χ3v) is 6.16. The Bertz CT molecular complexity index is 1150. The fourth-order valence-electron chi connectivity index (χ4n) is 3.51. The molecule has 0 fully saturated rings. The van der Waals surface area contributed by atoms with Crippen LogP contribution in [0.3, 0.4) is 0 Å². The third-order valence-electron chi connectivity index (χ3n) is 5.22. The Hall–Kier alpha value is -2.76. The Kier molecular flexibility index (Phi) is 5.60. The van der Waals surface area contributed by atoms with Gasteiger partial charge in [-0.2, -0.15) is 0 Å². The average Bonchev–Trinajstić information content (AvgIpc) is 3.26. The minimum atomic E-state index is -0.121. The van der Waals surface area contributed by atoms with Crippen molar-refractivity contribution in [3.05, 3.63) is 98.2 Å². The van der Waals surface area contributed by atoms with Crippen LogP contribution >= 0.6 is 11.3 Å². The molecule has 2 aromatic carbocycles. The highest BCUT2D eigenvalue weighted by atomic mass is 32.1. The summed E-state index contributed by atoms with van der Waals surface area (Å²) < 4.78 is 0. The standard InChI is InChI=1S/C24H25N3OS/c1-15(2)17-10-12-18(13-11-17)22(21-9-6-14-29-21)25-16(3)23-26-20-8-5-4-7-19(20)24(28)27-23/h4-16,22,25H,1-3H3,(H,26,27,28)/t16-,22-/m1/s1. The van der Waals surface area contributed by atoms with Crippen molar-refractivity contribution in [2.24, 2.45) is 0 Å². The molecule has 0 radical (unpaired) electrons. The molecule has 0 amide bonds. The number of aromatic amines is 1. The van der Waals surface area contributed by atoms with Crippen molar-refractivity contribution in [3.8, 4) is 0 Å². The molecule has 0 unspecified atom stereocenters. The van der Waals surface area contributed by atoms with Crippen LogP contribution in [0.5, 0.6) is 0 Å². The fraction of sp³-hybridized carbons (Fsp3) is 0.250. The van der Waals surface area contributed by atoms with E-state index in [4.69, 9.17) is 0 Å². The van der Waals surface area contributed by atoms with Gasteiger partial charge in [0.05, 0.1) is 23.0 Å². The number of nitrogens with one attached hydrogen (secondary N) is 2. The lowest BCUT2D eigenvalue weighted by Gasteiger charge is -2.23. The normalized spacial score (nSPS) is 13.7. The summed E-state index contributed by atoms with van der Waals surface area (Å²) in [5, 5.41) is 6.37. The van der Waals surface area contributed by atoms with Crippen molar-refractivity contribution in [1.82, 2.24) is 15.3 Å². The number of para-hydroxylation sites is 1. The van der Waals surface area contributed by atoms with E-state index in [0.29, 0.717) is 22.6 Å². The summed E-state index contributed by atoms with van der Waals surface area (Å²) in [6, 6.07) is 20.3. The molecule has 0 saturated heterocycles. The van der Waals surface area contributed by atoms with Crippen LogP contribution < -0.4 is 10.9 Å². The van der Waals surface area contributed by atoms with Gasteiger partial charge in [0.2, 0.25) is 0 Å². The molecule has 0 bridgehead atoms. The molecule has 4 aromatic rings. The first-order valence-electron chi connectivity index (χ1n) is 9.91. The summed E-state index contributed by atoms with van der Waals surface area (Å²) in [6.45, 7) is 6.44. The Morgan fingerprint density at radius 1 is 0.931 bits per heavy atom. The van der Waals surface area contributed by atoms with E-state index in [0.717, 1.165) is 0 Å². The van der Waals surface area contributed by atoms with Crippen LogP contribution in [0.15, 0.2) is 70.8 Å². The zero-order valence-corrected chi connectivity index (χ0v) is 17.7. The number of aromatic nitrogens is 2. The molecule has 2 aromatic heterocycles. The maximum atomic E-state index is 12.5. The van der Waals surface area contributed by atoms with Gasteiger partial charge in [0.25, 0.3) is 5.56 Å². The molecule has 4 nitrogen and oxygen atoms in total. The van der Waals surface area contributed by atoms with Crippen molar-refractivity contribution in [3.63, 3.8) is 0 Å². The molecule has 0 saturated carbocycles. The molecule has 0 aliphatic rings. The summed E-state index contributed by atoms with van der Waals surface area (Å²) in [5.41, 5.74) is 3.14. The van der Waals surface area contributed by atoms with Crippen LogP contribution in [0.4, 0.5) is 0 Å². The molecule has 5 heteroatoms. The van der Waals surface area contributed by atoms with E-state index in [1.807, 2.05) is 25.1 Å². The van der Waals surface area contributed by atoms with E-state index in [1.54, 1.807) is 17.4 Å². The summed E-state index contributed by atoms with van der Waals surface area (Å²) in [5.74, 6) is 1.15. The topological polar surface area (TPSA) is 57.8 Å². The number of hydrogen-bond donors (Lipinski definition) is 2. The lowest BCUT2D eigenvalue weighted by Crippen LogP contribution is -2.28. The van der Waals surface area contributed by atoms with E-state index < -0.39 is 0 Å². The number of H-pyrrole nitrogens is 1. The van der Waals surface area contributed by atoms with Gasteiger partial charge in [0.15, 0.2) is 0 Å². The van der Waals surface area contributed by atoms with E-state index in [2.05, 4.69) is 70.9 Å². The number of rotatable bonds is 6. The molecule has 2 heterocycles. The Morgan fingerprint density at radius 2 is 1.66 bits per heavy atom. The van der Waals surface area contributed by atoms with Gasteiger partial charge in [-0.25, -0.2) is 4.98 Å². The SMILES string of the molecule is CC(C)c1ccc([C@@H](N[C@H](C)c2nc3ccccc3c(=O)[nH]2)c2cccs2)cc1. The molecule has 0 aliphatic heterocycles. The monoisotopic (exact) mass is 403 g/mol. The van der Waals surface area contributed by atoms with Gasteiger partial charge in [-0.1, -0.05) is 56.3 Å². The largest absolute Gasteiger partial charge is 0.309 e. The van der Waals surface area contributed by atoms with Crippen molar-refractivity contribution in [2.75, 3.05) is 0 Å². The highest BCUT2D eigenvalue weighted by Crippen LogP contribution is 2.29. The van der Waals surface area contributed by atoms with Gasteiger partial charge in [-0.3, -0.25) is 10.1 Å². The first-order chi connectivity index (χ1) is 14.0. The Balaban J connectivity index is 1.67. The van der Waals surface area contributed by atoms with Gasteiger partial charge in [-0.15, -0.1) is 11.3 Å². The zero-order chi connectivity index (χ0) is 20.4. The first-order valence-corrected chi connectivity index (χ1v) is 10.8. The molecule has 2 atom stereocenters. The number of fused-ring (bicyclic) bond motifs is 1. The van der Waals surface area contributed by atoms with Crippen molar-refractivity contribution < 1.29 is 0 Å². The number of thiophene rings is 1. The minimum absolute atomic E-state index is 0.0305. The molecular weight excluding hydrogens is 378 g/mol. The predicted molar refractivity (Wildman–Crippen MR) is 121 cm³/mol. The third kappa shape index (κ3) is 4.16. The zero-order valence-electron chi connectivity index (χ0n) is 16.8. The summed E-state index contributed by atoms with van der Waals surface area (Å²) in [6.07, 6.45) is 0. The van der Waals surface area contributed by atoms with Crippen LogP contribution in [0.2, 0.25) is 0 Å². The van der Waals surface area contributed by atoms with Crippen LogP contribution in [-0.2, 0) is 0 Å². The van der Waals surface area contributed by atoms with Crippen LogP contribution in [0.1, 0.15) is 60.6 Å². The maximum absolute atomic E-state index is 12.5. The molecule has 29 heavy (non-hydrogen) atoms. The Morgan fingerprint density at radius 3 is 2.34 bits per heavy atom. The number of nitrogens with zero attached hydrogens (tertiary/aromatic N) is 1. The lowest BCUT2D eigenvalue weighted by molar-refractivity contribution is 0.500. The van der Waals surface area contributed by atoms with Gasteiger partial charge in [0, 0.05) is 4.88 Å². The van der Waals surface area contributed by atoms with Gasteiger partial charge in [-0.05, 0) is 47.5 Å². The quantitative estimate of drug-likeness (QED) is 0.444. The molecule has 148 valence electrons. The summed E-state index contributed by atoms with van der Waals surface area (Å²) in [4.78, 5) is 21.3. The van der Waals surface area contributed by atoms with Crippen molar-refractivity contribution in [1.29, 1.82) is 0 Å². The highest BCUT2D eigenvalue weighted by molar-refractivity contribution is 7.10. The smallest absolute Gasteiger partial charge is 0.258 e. The summed E-state index contributed by atoms with van der Waals surface area (Å²) in [7, 11) is 0. The Labute approximate surface area is 174 Å². The van der Waals surface area contributed by atoms with E-state index >= 15 is 0 Å². The van der Waals surface area contributed by atoms with Crippen molar-refractivity contribution in [2.45, 2.75) is 38.8 Å². The van der Waals surface area contributed by atoms with Gasteiger partial charge in [0.1, 0.15) is 5.82 Å². The maximum Gasteiger partial charge on any atom is 0.258 e. The molecule has 0 aliphatic carbocycles. The van der Waals surface area contributed by atoms with Crippen LogP contribution in [0, 0.1) is 0 Å². The second kappa shape index (κ2) is 8.31. The number of benzene rings is 2. The summed E-state index contributed by atoms with van der Waals surface area (Å²) >= 11 is 1.72. The first kappa shape index (κ1) is 19.6. The fourth-order valence-corrected chi connectivity index (χ4v) is 4.32. The predicted octanol–water partition coefficient (Wildman–Crippen LogP) is 5.55. The van der Waals surface area contributed by atoms with Crippen molar-refractivity contribution >= 4 is 22.2 Å². The highest BCUT2D eigenvalue weighted by Gasteiger charge is 2.20. The average molecular weight is 404 g/mol. The molecule has 2 N–H and O–H groups in total. The molecule has 4 rings (SSSR count). The lowest BCUT2D eigenvalue weighted by atomic mass is 9.98. The van der Waals surface area contributed by atoms with Crippen LogP contribution in [0.25, 0.3) is 10.9 Å². The van der Waals surface area contributed by atoms with Gasteiger partial charge >= 0.3 is 0 Å². The second-order valence-corrected chi connectivity index (χ2v) is 8.61. The second-order valence-electron chi connectivity index (χ2n) is 7.63. The van der Waals surface area contributed by atoms with E-state index in [9.17, 15) is 4.79 Å². The van der Waals surface area contributed by atoms with Gasteiger partial charge < -0.3 is 4.98 Å². The van der Waals surface area contributed by atoms with Crippen LogP contribution in [-0.4, -0.2) is 9.97 Å². The molecule has 0 spiro atoms. The minimum Gasteiger partial charge on any atom is -0.309 e. The van der Waals surface area contributed by atoms with E-state index in [-0.39, 0.29) is 17.6 Å².